The Morgan fingerprint density at radius 1 is 1.20 bits per heavy atom. The van der Waals surface area contributed by atoms with Crippen molar-refractivity contribution in [1.29, 1.82) is 0 Å². The van der Waals surface area contributed by atoms with Gasteiger partial charge in [0.15, 0.2) is 0 Å². The number of aliphatic hydroxyl groups excluding tert-OH is 2. The lowest BCUT2D eigenvalue weighted by Crippen LogP contribution is -2.26. The average Bonchev–Trinajstić information content (AvgIpc) is 2.12. The summed E-state index contributed by atoms with van der Waals surface area (Å²) in [5.41, 5.74) is 0. The van der Waals surface area contributed by atoms with E-state index in [2.05, 4.69) is 0 Å². The van der Waals surface area contributed by atoms with Gasteiger partial charge in [-0.25, -0.2) is 0 Å². The summed E-state index contributed by atoms with van der Waals surface area (Å²) in [5.74, 6) is -0.833. The molecule has 0 aromatic carbocycles. The third-order valence-electron chi connectivity index (χ3n) is 1.33. The molecule has 92 valence electrons. The SMILES string of the molecule is CC(=O)O.CN(CCO)CCOCCO. The summed E-state index contributed by atoms with van der Waals surface area (Å²) in [5, 5.41) is 24.3. The third kappa shape index (κ3) is 24.7. The number of aliphatic carboxylic acids is 1. The van der Waals surface area contributed by atoms with Crippen LogP contribution in [0.3, 0.4) is 0 Å². The molecule has 0 aromatic heterocycles. The highest BCUT2D eigenvalue weighted by atomic mass is 16.5. The van der Waals surface area contributed by atoms with E-state index >= 15 is 0 Å². The second-order valence-electron chi connectivity index (χ2n) is 2.88. The fourth-order valence-electron chi connectivity index (χ4n) is 0.670. The Hall–Kier alpha value is -0.690. The number of rotatable bonds is 7. The molecule has 0 aliphatic rings. The molecule has 0 bridgehead atoms. The molecule has 15 heavy (non-hydrogen) atoms. The Balaban J connectivity index is 0. The molecule has 0 saturated carbocycles. The lowest BCUT2D eigenvalue weighted by Gasteiger charge is -2.14. The molecule has 0 atom stereocenters. The van der Waals surface area contributed by atoms with Crippen molar-refractivity contribution in [3.05, 3.63) is 0 Å². The van der Waals surface area contributed by atoms with Crippen molar-refractivity contribution in [2.75, 3.05) is 46.6 Å². The van der Waals surface area contributed by atoms with Crippen LogP contribution in [-0.4, -0.2) is 72.8 Å². The molecule has 3 N–H and O–H groups in total. The van der Waals surface area contributed by atoms with E-state index in [0.29, 0.717) is 19.8 Å². The molecule has 0 radical (unpaired) electrons. The maximum Gasteiger partial charge on any atom is 0.300 e. The van der Waals surface area contributed by atoms with Gasteiger partial charge >= 0.3 is 0 Å². The van der Waals surface area contributed by atoms with E-state index < -0.39 is 5.97 Å². The maximum absolute atomic E-state index is 9.00. The third-order valence-corrected chi connectivity index (χ3v) is 1.33. The van der Waals surface area contributed by atoms with Crippen LogP contribution in [0.15, 0.2) is 0 Å². The molecule has 0 aromatic rings. The van der Waals surface area contributed by atoms with Crippen molar-refractivity contribution < 1.29 is 24.9 Å². The van der Waals surface area contributed by atoms with E-state index in [1.807, 2.05) is 11.9 Å². The van der Waals surface area contributed by atoms with E-state index in [0.717, 1.165) is 13.5 Å². The summed E-state index contributed by atoms with van der Waals surface area (Å²) in [6.07, 6.45) is 0. The lowest BCUT2D eigenvalue weighted by molar-refractivity contribution is -0.134. The van der Waals surface area contributed by atoms with Gasteiger partial charge in [-0.05, 0) is 7.05 Å². The van der Waals surface area contributed by atoms with Crippen LogP contribution in [0.4, 0.5) is 0 Å². The molecular weight excluding hydrogens is 202 g/mol. The van der Waals surface area contributed by atoms with Crippen LogP contribution in [0.5, 0.6) is 0 Å². The Labute approximate surface area is 90.1 Å². The Morgan fingerprint density at radius 2 is 1.73 bits per heavy atom. The summed E-state index contributed by atoms with van der Waals surface area (Å²) in [4.78, 5) is 11.0. The van der Waals surface area contributed by atoms with Crippen LogP contribution in [-0.2, 0) is 9.53 Å². The van der Waals surface area contributed by atoms with Crippen molar-refractivity contribution in [2.45, 2.75) is 6.92 Å². The predicted octanol–water partition coefficient (Wildman–Crippen LogP) is -0.990. The summed E-state index contributed by atoms with van der Waals surface area (Å²) in [6.45, 7) is 3.80. The molecule has 0 fully saturated rings. The molecule has 0 saturated heterocycles. The molecule has 0 spiro atoms. The van der Waals surface area contributed by atoms with Gasteiger partial charge in [0, 0.05) is 20.0 Å². The first kappa shape index (κ1) is 16.7. The summed E-state index contributed by atoms with van der Waals surface area (Å²) < 4.78 is 5.03. The summed E-state index contributed by atoms with van der Waals surface area (Å²) in [6, 6.07) is 0. The number of carboxylic acids is 1. The average molecular weight is 223 g/mol. The topological polar surface area (TPSA) is 90.2 Å². The Kier molecular flexibility index (Phi) is 14.8. The van der Waals surface area contributed by atoms with Crippen LogP contribution >= 0.6 is 0 Å². The van der Waals surface area contributed by atoms with Crippen molar-refractivity contribution in [1.82, 2.24) is 4.90 Å². The molecule has 0 aliphatic heterocycles. The largest absolute Gasteiger partial charge is 0.481 e. The van der Waals surface area contributed by atoms with Crippen molar-refractivity contribution in [3.63, 3.8) is 0 Å². The van der Waals surface area contributed by atoms with Gasteiger partial charge in [0.25, 0.3) is 5.97 Å². The molecule has 0 rings (SSSR count). The van der Waals surface area contributed by atoms with E-state index in [4.69, 9.17) is 24.9 Å². The smallest absolute Gasteiger partial charge is 0.300 e. The van der Waals surface area contributed by atoms with Gasteiger partial charge in [0.1, 0.15) is 0 Å². The fraction of sp³-hybridized carbons (Fsp3) is 0.889. The number of ether oxygens (including phenoxy) is 1. The van der Waals surface area contributed by atoms with Crippen LogP contribution in [0.2, 0.25) is 0 Å². The summed E-state index contributed by atoms with van der Waals surface area (Å²) >= 11 is 0. The highest BCUT2D eigenvalue weighted by Gasteiger charge is 1.95. The van der Waals surface area contributed by atoms with Gasteiger partial charge in [-0.1, -0.05) is 0 Å². The highest BCUT2D eigenvalue weighted by Crippen LogP contribution is 1.81. The molecule has 0 unspecified atom stereocenters. The zero-order chi connectivity index (χ0) is 12.1. The van der Waals surface area contributed by atoms with Crippen LogP contribution < -0.4 is 0 Å². The molecule has 0 amide bonds. The van der Waals surface area contributed by atoms with Crippen molar-refractivity contribution >= 4 is 5.97 Å². The molecule has 6 nitrogen and oxygen atoms in total. The molecule has 0 heterocycles. The Bertz CT molecular complexity index is 138. The molecule has 0 aliphatic carbocycles. The first-order valence-corrected chi connectivity index (χ1v) is 4.72. The number of aliphatic hydroxyl groups is 2. The standard InChI is InChI=1S/C7H17NO3.C2H4O2/c1-8(2-4-9)3-6-11-7-5-10;1-2(3)4/h9-10H,2-7H2,1H3;1H3,(H,3,4). The van der Waals surface area contributed by atoms with Crippen LogP contribution in [0, 0.1) is 0 Å². The molecule has 6 heteroatoms. The minimum absolute atomic E-state index is 0.0731. The number of hydrogen-bond donors (Lipinski definition) is 3. The minimum Gasteiger partial charge on any atom is -0.481 e. The number of carboxylic acid groups (broad SMARTS) is 1. The zero-order valence-electron chi connectivity index (χ0n) is 9.35. The number of nitrogens with zero attached hydrogens (tertiary/aromatic N) is 1. The van der Waals surface area contributed by atoms with Crippen molar-refractivity contribution in [2.24, 2.45) is 0 Å². The van der Waals surface area contributed by atoms with Crippen LogP contribution in [0.1, 0.15) is 6.92 Å². The fourth-order valence-corrected chi connectivity index (χ4v) is 0.670. The first-order valence-electron chi connectivity index (χ1n) is 4.72. The van der Waals surface area contributed by atoms with Gasteiger partial charge < -0.3 is 25.0 Å². The predicted molar refractivity (Wildman–Crippen MR) is 55.8 cm³/mol. The Morgan fingerprint density at radius 3 is 2.13 bits per heavy atom. The number of carbonyl (C=O) groups is 1. The first-order chi connectivity index (χ1) is 7.04. The number of hydrogen-bond acceptors (Lipinski definition) is 5. The van der Waals surface area contributed by atoms with Crippen LogP contribution in [0.25, 0.3) is 0 Å². The lowest BCUT2D eigenvalue weighted by atomic mass is 10.5. The van der Waals surface area contributed by atoms with E-state index in [-0.39, 0.29) is 13.2 Å². The van der Waals surface area contributed by atoms with Gasteiger partial charge in [-0.3, -0.25) is 4.79 Å². The maximum atomic E-state index is 9.00. The summed E-state index contributed by atoms with van der Waals surface area (Å²) in [7, 11) is 1.92. The second kappa shape index (κ2) is 13.3. The van der Waals surface area contributed by atoms with E-state index in [9.17, 15) is 0 Å². The van der Waals surface area contributed by atoms with Gasteiger partial charge in [0.2, 0.25) is 0 Å². The minimum atomic E-state index is -0.833. The normalized spacial score (nSPS) is 9.67. The van der Waals surface area contributed by atoms with Gasteiger partial charge in [0.05, 0.1) is 26.4 Å². The van der Waals surface area contributed by atoms with Gasteiger partial charge in [-0.15, -0.1) is 0 Å². The zero-order valence-corrected chi connectivity index (χ0v) is 9.35. The van der Waals surface area contributed by atoms with E-state index in [1.54, 1.807) is 0 Å². The highest BCUT2D eigenvalue weighted by molar-refractivity contribution is 5.62. The quantitative estimate of drug-likeness (QED) is 0.480. The van der Waals surface area contributed by atoms with Gasteiger partial charge in [-0.2, -0.15) is 0 Å². The van der Waals surface area contributed by atoms with E-state index in [1.165, 1.54) is 0 Å². The number of likely N-dealkylation sites (N-methyl/N-ethyl adjacent to an activating group) is 1. The monoisotopic (exact) mass is 223 g/mol. The molecular formula is C9H21NO5. The second-order valence-corrected chi connectivity index (χ2v) is 2.88. The van der Waals surface area contributed by atoms with Crippen molar-refractivity contribution in [3.8, 4) is 0 Å².